The van der Waals surface area contributed by atoms with E-state index in [9.17, 15) is 10.1 Å². The van der Waals surface area contributed by atoms with Crippen molar-refractivity contribution in [1.82, 2.24) is 24.5 Å². The molecular weight excluding hydrogens is 502 g/mol. The maximum Gasteiger partial charge on any atom is 0.410 e. The van der Waals surface area contributed by atoms with Crippen molar-refractivity contribution in [2.45, 2.75) is 26.4 Å². The van der Waals surface area contributed by atoms with E-state index in [0.29, 0.717) is 31.7 Å². The van der Waals surface area contributed by atoms with Gasteiger partial charge in [0.2, 0.25) is 0 Å². The number of carbonyl (C=O) groups excluding carboxylic acids is 1. The SMILES string of the molecule is CC(C)(C)OC(=O)N1CCN(c2ccc(-c3cnc4c(-c5ccnc6ccccc56)cnn4c3)cc2C#N)CC1. The Morgan fingerprint density at radius 3 is 2.52 bits per heavy atom. The molecule has 0 saturated carbocycles. The van der Waals surface area contributed by atoms with E-state index in [0.717, 1.165) is 44.5 Å². The first kappa shape index (κ1) is 25.3. The number of ether oxygens (including phenoxy) is 1. The summed E-state index contributed by atoms with van der Waals surface area (Å²) in [5, 5.41) is 15.6. The summed E-state index contributed by atoms with van der Waals surface area (Å²) in [4.78, 5) is 25.5. The van der Waals surface area contributed by atoms with Crippen LogP contribution in [0.25, 0.3) is 38.8 Å². The van der Waals surface area contributed by atoms with E-state index < -0.39 is 5.60 Å². The first-order valence-corrected chi connectivity index (χ1v) is 13.3. The van der Waals surface area contributed by atoms with Crippen LogP contribution in [-0.4, -0.2) is 62.4 Å². The second kappa shape index (κ2) is 9.97. The Morgan fingerprint density at radius 2 is 1.75 bits per heavy atom. The van der Waals surface area contributed by atoms with Gasteiger partial charge in [0.1, 0.15) is 11.7 Å². The summed E-state index contributed by atoms with van der Waals surface area (Å²) in [6, 6.07) is 18.2. The quantitative estimate of drug-likeness (QED) is 0.301. The number of pyridine rings is 1. The van der Waals surface area contributed by atoms with E-state index in [-0.39, 0.29) is 6.09 Å². The number of carbonyl (C=O) groups is 1. The molecule has 0 bridgehead atoms. The molecule has 0 atom stereocenters. The number of anilines is 1. The molecule has 3 aromatic heterocycles. The van der Waals surface area contributed by atoms with E-state index in [1.807, 2.05) is 81.8 Å². The Labute approximate surface area is 232 Å². The number of piperazine rings is 1. The van der Waals surface area contributed by atoms with E-state index in [1.165, 1.54) is 0 Å². The normalized spacial score (nSPS) is 13.9. The van der Waals surface area contributed by atoms with Crippen LogP contribution in [0.1, 0.15) is 26.3 Å². The highest BCUT2D eigenvalue weighted by Crippen LogP contribution is 2.32. The average molecular weight is 532 g/mol. The van der Waals surface area contributed by atoms with Gasteiger partial charge in [0.05, 0.1) is 23.0 Å². The molecule has 1 aliphatic heterocycles. The molecule has 0 radical (unpaired) electrons. The van der Waals surface area contributed by atoms with Gasteiger partial charge in [-0.25, -0.2) is 14.3 Å². The third-order valence-electron chi connectivity index (χ3n) is 7.02. The molecule has 1 fully saturated rings. The van der Waals surface area contributed by atoms with Crippen LogP contribution in [-0.2, 0) is 4.74 Å². The Morgan fingerprint density at radius 1 is 0.950 bits per heavy atom. The number of para-hydroxylation sites is 1. The van der Waals surface area contributed by atoms with E-state index in [4.69, 9.17) is 9.72 Å². The first-order chi connectivity index (χ1) is 19.3. The predicted molar refractivity (Wildman–Crippen MR) is 154 cm³/mol. The predicted octanol–water partition coefficient (Wildman–Crippen LogP) is 5.54. The molecule has 200 valence electrons. The lowest BCUT2D eigenvalue weighted by Crippen LogP contribution is -2.50. The molecule has 9 nitrogen and oxygen atoms in total. The standard InChI is InChI=1S/C31H29N7O2/c1-31(2,3)40-30(39)37-14-12-36(13-15-37)28-9-8-21(16-22(28)17-32)23-18-34-29-26(19-35-38(29)20-23)24-10-11-33-27-7-5-4-6-25(24)27/h4-11,16,18-20H,12-15H2,1-3H3. The summed E-state index contributed by atoms with van der Waals surface area (Å²) in [6.07, 6.45) is 7.08. The van der Waals surface area contributed by atoms with E-state index >= 15 is 0 Å². The third kappa shape index (κ3) is 4.80. The summed E-state index contributed by atoms with van der Waals surface area (Å²) >= 11 is 0. The van der Waals surface area contributed by atoms with Crippen molar-refractivity contribution in [3.63, 3.8) is 0 Å². The van der Waals surface area contributed by atoms with E-state index in [1.54, 1.807) is 15.6 Å². The molecule has 0 aliphatic carbocycles. The van der Waals surface area contributed by atoms with Crippen LogP contribution < -0.4 is 4.90 Å². The molecule has 5 aromatic rings. The Bertz CT molecular complexity index is 1770. The van der Waals surface area contributed by atoms with Crippen LogP contribution in [0, 0.1) is 11.3 Å². The third-order valence-corrected chi connectivity index (χ3v) is 7.02. The van der Waals surface area contributed by atoms with Crippen LogP contribution in [0.3, 0.4) is 0 Å². The fourth-order valence-corrected chi connectivity index (χ4v) is 5.08. The second-order valence-electron chi connectivity index (χ2n) is 10.8. The van der Waals surface area contributed by atoms with Gasteiger partial charge < -0.3 is 14.5 Å². The van der Waals surface area contributed by atoms with Gasteiger partial charge in [0, 0.05) is 61.3 Å². The highest BCUT2D eigenvalue weighted by atomic mass is 16.6. The number of rotatable bonds is 3. The van der Waals surface area contributed by atoms with Crippen molar-refractivity contribution in [3.8, 4) is 28.3 Å². The molecule has 2 aromatic carbocycles. The summed E-state index contributed by atoms with van der Waals surface area (Å²) in [5.41, 5.74) is 6.29. The van der Waals surface area contributed by atoms with Gasteiger partial charge in [-0.1, -0.05) is 24.3 Å². The Kier molecular flexibility index (Phi) is 6.31. The molecular formula is C31H29N7O2. The smallest absolute Gasteiger partial charge is 0.410 e. The van der Waals surface area contributed by atoms with Crippen molar-refractivity contribution in [3.05, 3.63) is 78.9 Å². The molecule has 9 heteroatoms. The van der Waals surface area contributed by atoms with Gasteiger partial charge in [-0.3, -0.25) is 4.98 Å². The summed E-state index contributed by atoms with van der Waals surface area (Å²) in [7, 11) is 0. The zero-order valence-electron chi connectivity index (χ0n) is 22.7. The van der Waals surface area contributed by atoms with Crippen LogP contribution in [0.5, 0.6) is 0 Å². The minimum Gasteiger partial charge on any atom is -0.444 e. The number of fused-ring (bicyclic) bond motifs is 2. The molecule has 40 heavy (non-hydrogen) atoms. The molecule has 0 N–H and O–H groups in total. The molecule has 1 aliphatic rings. The molecule has 1 amide bonds. The Hall–Kier alpha value is -4.97. The molecule has 0 unspecified atom stereocenters. The van der Waals surface area contributed by atoms with Crippen LogP contribution in [0.2, 0.25) is 0 Å². The van der Waals surface area contributed by atoms with Crippen molar-refractivity contribution < 1.29 is 9.53 Å². The summed E-state index contributed by atoms with van der Waals surface area (Å²) in [5.74, 6) is 0. The van der Waals surface area contributed by atoms with Crippen molar-refractivity contribution in [2.24, 2.45) is 0 Å². The van der Waals surface area contributed by atoms with Crippen LogP contribution in [0.15, 0.2) is 73.3 Å². The lowest BCUT2D eigenvalue weighted by atomic mass is 10.0. The molecule has 6 rings (SSSR count). The van der Waals surface area contributed by atoms with Crippen molar-refractivity contribution in [2.75, 3.05) is 31.1 Å². The Balaban J connectivity index is 1.24. The highest BCUT2D eigenvalue weighted by molar-refractivity contribution is 5.97. The van der Waals surface area contributed by atoms with Gasteiger partial charge in [-0.15, -0.1) is 0 Å². The number of nitriles is 1. The number of benzene rings is 2. The highest BCUT2D eigenvalue weighted by Gasteiger charge is 2.27. The van der Waals surface area contributed by atoms with Crippen molar-refractivity contribution >= 4 is 28.3 Å². The molecule has 0 spiro atoms. The minimum atomic E-state index is -0.527. The lowest BCUT2D eigenvalue weighted by Gasteiger charge is -2.37. The number of nitrogens with zero attached hydrogens (tertiary/aromatic N) is 7. The number of amides is 1. The maximum absolute atomic E-state index is 12.4. The monoisotopic (exact) mass is 531 g/mol. The summed E-state index contributed by atoms with van der Waals surface area (Å²) in [6.45, 7) is 7.92. The lowest BCUT2D eigenvalue weighted by molar-refractivity contribution is 0.0240. The minimum absolute atomic E-state index is 0.301. The zero-order chi connectivity index (χ0) is 27.9. The second-order valence-corrected chi connectivity index (χ2v) is 10.8. The topological polar surface area (TPSA) is 99.7 Å². The fraction of sp³-hybridized carbons (Fsp3) is 0.258. The molecule has 1 saturated heterocycles. The van der Waals surface area contributed by atoms with Gasteiger partial charge in [-0.2, -0.15) is 10.4 Å². The fourth-order valence-electron chi connectivity index (χ4n) is 5.08. The van der Waals surface area contributed by atoms with E-state index in [2.05, 4.69) is 27.1 Å². The van der Waals surface area contributed by atoms with Crippen molar-refractivity contribution in [1.29, 1.82) is 5.26 Å². The first-order valence-electron chi connectivity index (χ1n) is 13.3. The van der Waals surface area contributed by atoms with Gasteiger partial charge in [-0.05, 0) is 56.2 Å². The van der Waals surface area contributed by atoms with Crippen LogP contribution in [0.4, 0.5) is 10.5 Å². The zero-order valence-corrected chi connectivity index (χ0v) is 22.7. The summed E-state index contributed by atoms with van der Waals surface area (Å²) < 4.78 is 7.28. The maximum atomic E-state index is 12.4. The number of aromatic nitrogens is 4. The number of hydrogen-bond acceptors (Lipinski definition) is 7. The van der Waals surface area contributed by atoms with Crippen LogP contribution >= 0.6 is 0 Å². The largest absolute Gasteiger partial charge is 0.444 e. The number of hydrogen-bond donors (Lipinski definition) is 0. The average Bonchev–Trinajstić information content (AvgIpc) is 3.39. The molecule has 4 heterocycles. The van der Waals surface area contributed by atoms with Gasteiger partial charge in [0.15, 0.2) is 5.65 Å². The van der Waals surface area contributed by atoms with Gasteiger partial charge >= 0.3 is 6.09 Å². The van der Waals surface area contributed by atoms with Gasteiger partial charge in [0.25, 0.3) is 0 Å².